The molecule has 0 rings (SSSR count). The molecular weight excluding hydrogens is 164 g/mol. The van der Waals surface area contributed by atoms with Crippen LogP contribution in [0.25, 0.3) is 0 Å². The van der Waals surface area contributed by atoms with E-state index in [9.17, 15) is 8.42 Å². The normalized spacial score (nSPS) is 15.4. The van der Waals surface area contributed by atoms with Gasteiger partial charge in [-0.2, -0.15) is 13.1 Å². The van der Waals surface area contributed by atoms with Crippen LogP contribution < -0.4 is 9.44 Å². The van der Waals surface area contributed by atoms with Gasteiger partial charge in [-0.05, 0) is 6.92 Å². The molecule has 0 aliphatic rings. The maximum Gasteiger partial charge on any atom is 0.277 e. The van der Waals surface area contributed by atoms with Crippen molar-refractivity contribution < 1.29 is 8.42 Å². The second kappa shape index (κ2) is 3.36. The number of nitrogens with one attached hydrogen (secondary N) is 2. The molecule has 0 aromatic heterocycles. The number of alkyl halides is 1. The van der Waals surface area contributed by atoms with Crippen LogP contribution in [0, 0.1) is 0 Å². The molecule has 0 radical (unpaired) electrons. The molecule has 1 unspecified atom stereocenters. The van der Waals surface area contributed by atoms with E-state index >= 15 is 0 Å². The number of rotatable bonds is 3. The molecule has 0 aromatic carbocycles. The van der Waals surface area contributed by atoms with Gasteiger partial charge < -0.3 is 0 Å². The Morgan fingerprint density at radius 2 is 2.00 bits per heavy atom. The fourth-order valence-corrected chi connectivity index (χ4v) is 1.17. The SMILES string of the molecule is CNS(=O)(=O)NC(C)Cl. The number of hydrogen-bond donors (Lipinski definition) is 2. The lowest BCUT2D eigenvalue weighted by Crippen LogP contribution is -2.37. The summed E-state index contributed by atoms with van der Waals surface area (Å²) in [7, 11) is -2.04. The topological polar surface area (TPSA) is 58.2 Å². The van der Waals surface area contributed by atoms with Gasteiger partial charge in [0.25, 0.3) is 10.2 Å². The Labute approximate surface area is 59.8 Å². The first-order valence-corrected chi connectivity index (χ1v) is 4.25. The fraction of sp³-hybridized carbons (Fsp3) is 1.00. The molecule has 0 fully saturated rings. The van der Waals surface area contributed by atoms with Crippen molar-refractivity contribution >= 4 is 21.8 Å². The Hall–Kier alpha value is 0.160. The molecule has 1 atom stereocenters. The molecule has 0 aliphatic heterocycles. The van der Waals surface area contributed by atoms with Crippen molar-refractivity contribution in [2.45, 2.75) is 12.4 Å². The second-order valence-electron chi connectivity index (χ2n) is 1.44. The first-order chi connectivity index (χ1) is 3.98. The first kappa shape index (κ1) is 9.16. The van der Waals surface area contributed by atoms with E-state index in [-0.39, 0.29) is 0 Å². The Morgan fingerprint density at radius 1 is 1.56 bits per heavy atom. The highest BCUT2D eigenvalue weighted by Crippen LogP contribution is 1.88. The minimum Gasteiger partial charge on any atom is -0.205 e. The fourth-order valence-electron chi connectivity index (χ4n) is 0.273. The van der Waals surface area contributed by atoms with E-state index in [4.69, 9.17) is 11.6 Å². The molecule has 0 bridgehead atoms. The summed E-state index contributed by atoms with van der Waals surface area (Å²) < 4.78 is 25.2. The monoisotopic (exact) mass is 172 g/mol. The molecule has 0 spiro atoms. The van der Waals surface area contributed by atoms with Gasteiger partial charge in [0.2, 0.25) is 0 Å². The Morgan fingerprint density at radius 3 is 2.11 bits per heavy atom. The third-order valence-electron chi connectivity index (χ3n) is 0.586. The molecule has 56 valence electrons. The predicted octanol–water partition coefficient (Wildman–Crippen LogP) is -0.375. The molecule has 0 aromatic rings. The van der Waals surface area contributed by atoms with E-state index in [1.807, 2.05) is 4.72 Å². The highest BCUT2D eigenvalue weighted by Gasteiger charge is 2.07. The summed E-state index contributed by atoms with van der Waals surface area (Å²) in [4.78, 5) is 0. The summed E-state index contributed by atoms with van der Waals surface area (Å²) in [6.07, 6.45) is 0. The quantitative estimate of drug-likeness (QED) is 0.451. The molecule has 9 heavy (non-hydrogen) atoms. The van der Waals surface area contributed by atoms with Crippen molar-refractivity contribution in [1.29, 1.82) is 0 Å². The van der Waals surface area contributed by atoms with Gasteiger partial charge in [0.1, 0.15) is 0 Å². The van der Waals surface area contributed by atoms with E-state index in [1.54, 1.807) is 0 Å². The average Bonchev–Trinajstić information content (AvgIpc) is 1.63. The molecule has 0 saturated carbocycles. The van der Waals surface area contributed by atoms with E-state index in [0.717, 1.165) is 0 Å². The van der Waals surface area contributed by atoms with Crippen LogP contribution in [0.5, 0.6) is 0 Å². The van der Waals surface area contributed by atoms with E-state index < -0.39 is 15.7 Å². The highest BCUT2D eigenvalue weighted by atomic mass is 35.5. The van der Waals surface area contributed by atoms with Gasteiger partial charge in [-0.15, -0.1) is 11.6 Å². The molecule has 0 aliphatic carbocycles. The van der Waals surface area contributed by atoms with Crippen LogP contribution in [0.3, 0.4) is 0 Å². The van der Waals surface area contributed by atoms with Crippen LogP contribution in [0.15, 0.2) is 0 Å². The second-order valence-corrected chi connectivity index (χ2v) is 3.75. The minimum atomic E-state index is -3.35. The summed E-state index contributed by atoms with van der Waals surface area (Å²) in [5.74, 6) is 0. The van der Waals surface area contributed by atoms with E-state index in [2.05, 4.69) is 4.72 Å². The van der Waals surface area contributed by atoms with Crippen molar-refractivity contribution in [3.8, 4) is 0 Å². The number of hydrogen-bond acceptors (Lipinski definition) is 2. The lowest BCUT2D eigenvalue weighted by molar-refractivity contribution is 0.572. The zero-order chi connectivity index (χ0) is 7.49. The largest absolute Gasteiger partial charge is 0.277 e. The van der Waals surface area contributed by atoms with Crippen LogP contribution in [0.2, 0.25) is 0 Å². The third kappa shape index (κ3) is 4.65. The molecule has 0 heterocycles. The number of halogens is 1. The molecule has 0 amide bonds. The lowest BCUT2D eigenvalue weighted by atomic mass is 10.8. The van der Waals surface area contributed by atoms with Gasteiger partial charge in [0.05, 0.1) is 5.50 Å². The van der Waals surface area contributed by atoms with Crippen molar-refractivity contribution in [3.63, 3.8) is 0 Å². The van der Waals surface area contributed by atoms with Gasteiger partial charge in [-0.1, -0.05) is 0 Å². The van der Waals surface area contributed by atoms with Gasteiger partial charge in [-0.25, -0.2) is 4.72 Å². The van der Waals surface area contributed by atoms with Crippen molar-refractivity contribution in [3.05, 3.63) is 0 Å². The van der Waals surface area contributed by atoms with Crippen molar-refractivity contribution in [2.75, 3.05) is 7.05 Å². The van der Waals surface area contributed by atoms with Crippen LogP contribution in [-0.4, -0.2) is 21.0 Å². The summed E-state index contributed by atoms with van der Waals surface area (Å²) in [5.41, 5.74) is -0.581. The van der Waals surface area contributed by atoms with Gasteiger partial charge >= 0.3 is 0 Å². The predicted molar refractivity (Wildman–Crippen MR) is 36.4 cm³/mol. The lowest BCUT2D eigenvalue weighted by Gasteiger charge is -2.04. The molecule has 0 saturated heterocycles. The zero-order valence-corrected chi connectivity index (χ0v) is 6.75. The zero-order valence-electron chi connectivity index (χ0n) is 5.18. The smallest absolute Gasteiger partial charge is 0.205 e. The first-order valence-electron chi connectivity index (χ1n) is 2.33. The van der Waals surface area contributed by atoms with E-state index in [0.29, 0.717) is 0 Å². The van der Waals surface area contributed by atoms with Gasteiger partial charge in [0, 0.05) is 7.05 Å². The molecule has 4 nitrogen and oxygen atoms in total. The maximum atomic E-state index is 10.5. The summed E-state index contributed by atoms with van der Waals surface area (Å²) in [5, 5.41) is 0. The Balaban J connectivity index is 3.90. The van der Waals surface area contributed by atoms with Crippen LogP contribution >= 0.6 is 11.6 Å². The molecule has 6 heteroatoms. The average molecular weight is 173 g/mol. The summed E-state index contributed by atoms with van der Waals surface area (Å²) in [6.45, 7) is 1.52. The van der Waals surface area contributed by atoms with Gasteiger partial charge in [0.15, 0.2) is 0 Å². The maximum absolute atomic E-state index is 10.5. The van der Waals surface area contributed by atoms with Crippen molar-refractivity contribution in [2.24, 2.45) is 0 Å². The summed E-state index contributed by atoms with van der Waals surface area (Å²) in [6, 6.07) is 0. The minimum absolute atomic E-state index is 0.581. The standard InChI is InChI=1S/C3H9ClN2O2S/c1-3(4)6-9(7,8)5-2/h3,5-6H,1-2H3. The highest BCUT2D eigenvalue weighted by molar-refractivity contribution is 7.87. The summed E-state index contributed by atoms with van der Waals surface area (Å²) >= 11 is 5.31. The third-order valence-corrected chi connectivity index (χ3v) is 2.03. The van der Waals surface area contributed by atoms with Crippen LogP contribution in [0.1, 0.15) is 6.92 Å². The van der Waals surface area contributed by atoms with Crippen LogP contribution in [-0.2, 0) is 10.2 Å². The van der Waals surface area contributed by atoms with Gasteiger partial charge in [-0.3, -0.25) is 0 Å². The van der Waals surface area contributed by atoms with Crippen LogP contribution in [0.4, 0.5) is 0 Å². The van der Waals surface area contributed by atoms with Crippen molar-refractivity contribution in [1.82, 2.24) is 9.44 Å². The molecular formula is C3H9ClN2O2S. The Bertz CT molecular complexity index is 165. The molecule has 2 N–H and O–H groups in total. The Kier molecular flexibility index (Phi) is 3.42. The van der Waals surface area contributed by atoms with E-state index in [1.165, 1.54) is 14.0 Å².